The summed E-state index contributed by atoms with van der Waals surface area (Å²) in [6.07, 6.45) is 38.8. The number of fused-ring (bicyclic) bond motifs is 7. The summed E-state index contributed by atoms with van der Waals surface area (Å²) >= 11 is 0. The fourth-order valence-electron chi connectivity index (χ4n) is 18.3. The first-order chi connectivity index (χ1) is 54.4. The first-order valence-corrected chi connectivity index (χ1v) is 43.2. The number of pyridine rings is 1. The van der Waals surface area contributed by atoms with E-state index in [0.29, 0.717) is 17.2 Å². The predicted octanol–water partition coefficient (Wildman–Crippen LogP) is 31.3. The molecule has 0 spiro atoms. The van der Waals surface area contributed by atoms with E-state index in [-0.39, 0.29) is 36.7 Å². The molecule has 14 rings (SSSR count). The van der Waals surface area contributed by atoms with Crippen molar-refractivity contribution in [2.45, 2.75) is 252 Å². The van der Waals surface area contributed by atoms with Crippen molar-refractivity contribution < 1.29 is 24.9 Å². The number of aryl methyl sites for hydroxylation is 2. The first-order valence-electron chi connectivity index (χ1n) is 43.2. The second-order valence-corrected chi connectivity index (χ2v) is 32.8. The number of rotatable bonds is 38. The monoisotopic (exact) mass is 1660 g/mol. The minimum absolute atomic E-state index is 0. The summed E-state index contributed by atoms with van der Waals surface area (Å²) in [6.45, 7) is 18.3. The second-order valence-electron chi connectivity index (χ2n) is 32.8. The minimum atomic E-state index is -0.172. The van der Waals surface area contributed by atoms with Gasteiger partial charge in [-0.15, -0.1) is 35.9 Å². The van der Waals surface area contributed by atoms with Crippen LogP contribution in [0.1, 0.15) is 282 Å². The van der Waals surface area contributed by atoms with Gasteiger partial charge in [0.25, 0.3) is 0 Å². The standard InChI is InChI=1S/C92H112N2O.C15H10N.Ir/c1-9-13-17-21-25-29-55-91(56-30-26-22-18-14-10-2)85-60-69(8)37-51-81(85)82-53-43-73(65-87(82)91)75-61-76(63-77(62-75)90(95)89-34-33-59-93-89)74-44-54-84-83-52-42-72(64-86(83)92(88(84)66-74,57-31-27-23-19-15-11-3)58-32-28-24-20-16-12-4)71-40-49-80(50-41-71)94(78-45-35-68(7)36-46-78)79-47-38-70(39-48-79)67(5)6;1-2-7-13(8-3-1)15-14-9-5-4-6-12(14)10-11-16-15;/h33-54,59-67H,9-32,55-58H2,1-8H3,(H,93,95);1-7,9-11H;/q;-1;/p-1. The maximum Gasteiger partial charge on any atom is 0.171 e. The summed E-state index contributed by atoms with van der Waals surface area (Å²) in [5, 5.41) is 2.39. The quantitative estimate of drug-likeness (QED) is 0.0220. The van der Waals surface area contributed by atoms with E-state index in [1.165, 1.54) is 261 Å². The van der Waals surface area contributed by atoms with E-state index in [0.717, 1.165) is 52.3 Å². The van der Waals surface area contributed by atoms with Gasteiger partial charge < -0.3 is 14.9 Å². The molecule has 12 aromatic rings. The van der Waals surface area contributed by atoms with Gasteiger partial charge in [0, 0.05) is 59.8 Å². The van der Waals surface area contributed by atoms with Crippen LogP contribution in [0.2, 0.25) is 0 Å². The summed E-state index contributed by atoms with van der Waals surface area (Å²) in [6, 6.07) is 89.0. The Morgan fingerprint density at radius 1 is 0.402 bits per heavy atom. The van der Waals surface area contributed by atoms with Gasteiger partial charge in [-0.3, -0.25) is 4.79 Å². The molecule has 5 heteroatoms. The molecule has 0 saturated heterocycles. The van der Waals surface area contributed by atoms with Crippen molar-refractivity contribution in [2.75, 3.05) is 4.90 Å². The Morgan fingerprint density at radius 2 is 0.821 bits per heavy atom. The van der Waals surface area contributed by atoms with Crippen LogP contribution in [0.4, 0.5) is 17.1 Å². The molecular weight excluding hydrogens is 1540 g/mol. The van der Waals surface area contributed by atoms with Crippen molar-refractivity contribution >= 4 is 33.6 Å². The Balaban J connectivity index is 0.000000602. The third-order valence-electron chi connectivity index (χ3n) is 24.6. The van der Waals surface area contributed by atoms with E-state index < -0.39 is 0 Å². The van der Waals surface area contributed by atoms with E-state index in [1.807, 2.05) is 60.8 Å². The smallest absolute Gasteiger partial charge is 0.171 e. The van der Waals surface area contributed by atoms with Crippen molar-refractivity contribution in [3.8, 4) is 66.9 Å². The van der Waals surface area contributed by atoms with Crippen LogP contribution in [-0.4, -0.2) is 10.8 Å². The molecule has 112 heavy (non-hydrogen) atoms. The summed E-state index contributed by atoms with van der Waals surface area (Å²) in [7, 11) is 0. The normalized spacial score (nSPS) is 12.8. The Kier molecular flexibility index (Phi) is 29.6. The van der Waals surface area contributed by atoms with E-state index in [2.05, 4.69) is 252 Å². The molecule has 4 nitrogen and oxygen atoms in total. The molecular formula is C107H121IrN3O-2. The molecule has 0 bridgehead atoms. The van der Waals surface area contributed by atoms with Gasteiger partial charge >= 0.3 is 0 Å². The molecule has 0 N–H and O–H groups in total. The molecule has 10 aromatic carbocycles. The average molecular weight is 1660 g/mol. The molecule has 0 amide bonds. The summed E-state index contributed by atoms with van der Waals surface area (Å²) in [5.74, 6) is 0.441. The maximum atomic E-state index is 14.9. The zero-order valence-electron chi connectivity index (χ0n) is 68.6. The van der Waals surface area contributed by atoms with Gasteiger partial charge in [-0.25, -0.2) is 0 Å². The Hall–Kier alpha value is -8.99. The number of hydrogen-bond acceptors (Lipinski definition) is 3. The fourth-order valence-corrected chi connectivity index (χ4v) is 18.3. The number of unbranched alkanes of at least 4 members (excludes halogenated alkanes) is 20. The fraction of sp³-hybridized carbons (Fsp3) is 0.364. The maximum absolute atomic E-state index is 14.9. The van der Waals surface area contributed by atoms with Crippen molar-refractivity contribution in [3.05, 3.63) is 299 Å². The molecule has 0 atom stereocenters. The number of aromatic nitrogens is 2. The van der Waals surface area contributed by atoms with Crippen LogP contribution in [0.15, 0.2) is 243 Å². The molecule has 0 unspecified atom stereocenters. The van der Waals surface area contributed by atoms with E-state index in [9.17, 15) is 4.79 Å². The SMILES string of the molecule is CCCCCCCCC1(CCCCCCCC)c2cc(C)ccc2-c2ccc(-c3cc(C(=O)c4ccc[n-]4)cc(-c4ccc5c(c4)C(CCCCCCCC)(CCCCCCCC)c4cc(-c6ccc(N(c7ccc(C)cc7)c7ccc(C(C)C)cc7)cc6)ccc4-5)c3)cc21.[Ir].[c-]1ccccc1-c1nccc2ccccc12. The number of carbonyl (C=O) groups is 1. The van der Waals surface area contributed by atoms with E-state index >= 15 is 0 Å². The van der Waals surface area contributed by atoms with Crippen molar-refractivity contribution in [3.63, 3.8) is 0 Å². The third kappa shape index (κ3) is 19.3. The Morgan fingerprint density at radius 3 is 1.29 bits per heavy atom. The van der Waals surface area contributed by atoms with Crippen molar-refractivity contribution in [1.29, 1.82) is 0 Å². The number of nitrogens with zero attached hydrogens (tertiary/aromatic N) is 3. The van der Waals surface area contributed by atoms with Gasteiger partial charge in [0.05, 0.1) is 0 Å². The topological polar surface area (TPSA) is 47.3 Å². The largest absolute Gasteiger partial charge is 0.661 e. The molecule has 2 aliphatic carbocycles. The average Bonchev–Trinajstić information content (AvgIpc) is 1.57. The van der Waals surface area contributed by atoms with Crippen LogP contribution in [-0.2, 0) is 30.9 Å². The number of anilines is 3. The zero-order chi connectivity index (χ0) is 76.9. The molecule has 0 saturated carbocycles. The molecule has 2 heterocycles. The number of hydrogen-bond donors (Lipinski definition) is 0. The summed E-state index contributed by atoms with van der Waals surface area (Å²) in [5.41, 5.74) is 29.0. The van der Waals surface area contributed by atoms with Crippen LogP contribution in [0.5, 0.6) is 0 Å². The predicted molar refractivity (Wildman–Crippen MR) is 475 cm³/mol. The first kappa shape index (κ1) is 82.5. The molecule has 581 valence electrons. The van der Waals surface area contributed by atoms with Crippen molar-refractivity contribution in [1.82, 2.24) is 9.97 Å². The molecule has 0 fully saturated rings. The van der Waals surface area contributed by atoms with Gasteiger partial charge in [-0.05, 0) is 224 Å². The van der Waals surface area contributed by atoms with Crippen LogP contribution < -0.4 is 9.88 Å². The number of carbonyl (C=O) groups excluding carboxylic acids is 1. The van der Waals surface area contributed by atoms with Gasteiger partial charge in [0.15, 0.2) is 5.78 Å². The van der Waals surface area contributed by atoms with Gasteiger partial charge in [0.1, 0.15) is 0 Å². The third-order valence-corrected chi connectivity index (χ3v) is 24.6. The van der Waals surface area contributed by atoms with E-state index in [1.54, 1.807) is 6.20 Å². The van der Waals surface area contributed by atoms with Crippen LogP contribution >= 0.6 is 0 Å². The molecule has 2 aromatic heterocycles. The summed E-state index contributed by atoms with van der Waals surface area (Å²) < 4.78 is 0. The Bertz CT molecular complexity index is 4930. The van der Waals surface area contributed by atoms with Crippen LogP contribution in [0.25, 0.3) is 77.7 Å². The number of ketones is 1. The minimum Gasteiger partial charge on any atom is -0.661 e. The molecule has 2 aliphatic rings. The van der Waals surface area contributed by atoms with Gasteiger partial charge in [-0.2, -0.15) is 6.20 Å². The molecule has 1 radical (unpaired) electrons. The van der Waals surface area contributed by atoms with E-state index in [4.69, 9.17) is 0 Å². The van der Waals surface area contributed by atoms with Gasteiger partial charge in [0.2, 0.25) is 0 Å². The molecule has 0 aliphatic heterocycles. The summed E-state index contributed by atoms with van der Waals surface area (Å²) in [4.78, 5) is 26.4. The Labute approximate surface area is 686 Å². The van der Waals surface area contributed by atoms with Crippen molar-refractivity contribution in [2.24, 2.45) is 0 Å². The zero-order valence-corrected chi connectivity index (χ0v) is 70.9. The second kappa shape index (κ2) is 40.1. The van der Waals surface area contributed by atoms with Crippen LogP contribution in [0.3, 0.4) is 0 Å². The van der Waals surface area contributed by atoms with Crippen LogP contribution in [0, 0.1) is 19.9 Å². The van der Waals surface area contributed by atoms with Gasteiger partial charge in [-0.1, -0.05) is 340 Å². The number of benzene rings is 10.